The number of piperazine rings is 1. The van der Waals surface area contributed by atoms with Gasteiger partial charge >= 0.3 is 6.18 Å². The highest BCUT2D eigenvalue weighted by molar-refractivity contribution is 6.23. The maximum atomic E-state index is 13.5. The lowest BCUT2D eigenvalue weighted by Gasteiger charge is -2.45. The maximum Gasteiger partial charge on any atom is 0.433 e. The normalized spacial score (nSPS) is 17.6. The van der Waals surface area contributed by atoms with Crippen LogP contribution >= 0.6 is 0 Å². The second kappa shape index (κ2) is 17.8. The molecular weight excluding hydrogens is 820 g/mol. The molecule has 63 heavy (non-hydrogen) atoms. The molecule has 1 unspecified atom stereocenters. The van der Waals surface area contributed by atoms with E-state index in [4.69, 9.17) is 5.10 Å². The van der Waals surface area contributed by atoms with Crippen LogP contribution in [0.2, 0.25) is 0 Å². The smallest absolute Gasteiger partial charge is 0.386 e. The molecule has 2 saturated heterocycles. The van der Waals surface area contributed by atoms with Crippen LogP contribution in [0.5, 0.6) is 0 Å². The quantitative estimate of drug-likeness (QED) is 0.106. The van der Waals surface area contributed by atoms with Gasteiger partial charge in [-0.15, -0.1) is 0 Å². The van der Waals surface area contributed by atoms with E-state index < -0.39 is 52.8 Å². The Morgan fingerprint density at radius 3 is 2.29 bits per heavy atom. The number of rotatable bonds is 14. The summed E-state index contributed by atoms with van der Waals surface area (Å²) in [5.74, 6) is -2.58. The molecule has 0 spiro atoms. The van der Waals surface area contributed by atoms with Crippen LogP contribution in [-0.2, 0) is 21.4 Å². The minimum absolute atomic E-state index is 0.0810. The van der Waals surface area contributed by atoms with Crippen molar-refractivity contribution in [2.45, 2.75) is 96.1 Å². The first-order chi connectivity index (χ1) is 29.8. The number of fused-ring (bicyclic) bond motifs is 2. The molecule has 4 aromatic rings. The molecule has 0 radical (unpaired) electrons. The number of benzene rings is 2. The van der Waals surface area contributed by atoms with Crippen molar-refractivity contribution in [2.75, 3.05) is 56.0 Å². The number of likely N-dealkylation sites (tertiary alicyclic amines) is 1. The van der Waals surface area contributed by atoms with Gasteiger partial charge in [0.05, 0.1) is 28.3 Å². The standard InChI is InChI=1S/C45H54F3N9O6/c1-6-8-37(40(60)49-27-58)57-41(61)31-12-11-30(24-32(31)42(57)62)54-19-21-55(22-20-54)43(2,3)15-18-53-16-13-29(14-17-53)56-26-28-23-36(33(44(4,5)63)25-35(28)52-56)51-39(59)34-9-7-10-38(50-34)45(46,47)48/h7,9-12,23-27,29,37,63H,6,8,13-22H2,1-5H3,(H,51,59)(H,49,58,60). The van der Waals surface area contributed by atoms with Crippen LogP contribution in [0.4, 0.5) is 24.5 Å². The number of halogens is 3. The molecule has 1 atom stereocenters. The summed E-state index contributed by atoms with van der Waals surface area (Å²) < 4.78 is 41.8. The van der Waals surface area contributed by atoms with Crippen molar-refractivity contribution in [1.82, 2.24) is 34.8 Å². The number of piperidine rings is 1. The fraction of sp³-hybridized carbons (Fsp3) is 0.489. The number of carbonyl (C=O) groups is 5. The number of alkyl halides is 3. The third-order valence-corrected chi connectivity index (χ3v) is 12.6. The van der Waals surface area contributed by atoms with E-state index in [2.05, 4.69) is 44.2 Å². The van der Waals surface area contributed by atoms with Crippen LogP contribution in [0.3, 0.4) is 0 Å². The highest BCUT2D eigenvalue weighted by atomic mass is 19.4. The Kier molecular flexibility index (Phi) is 12.8. The largest absolute Gasteiger partial charge is 0.433 e. The molecule has 0 bridgehead atoms. The number of amides is 5. The minimum atomic E-state index is -4.71. The number of anilines is 2. The summed E-state index contributed by atoms with van der Waals surface area (Å²) in [6, 6.07) is 10.8. The van der Waals surface area contributed by atoms with Gasteiger partial charge in [0.1, 0.15) is 17.4 Å². The predicted octanol–water partition coefficient (Wildman–Crippen LogP) is 5.59. The number of hydrogen-bond donors (Lipinski definition) is 3. The number of carbonyl (C=O) groups excluding carboxylic acids is 5. The van der Waals surface area contributed by atoms with Gasteiger partial charge in [0.15, 0.2) is 0 Å². The Morgan fingerprint density at radius 1 is 0.937 bits per heavy atom. The lowest BCUT2D eigenvalue weighted by Crippen LogP contribution is -2.55. The van der Waals surface area contributed by atoms with E-state index in [-0.39, 0.29) is 41.2 Å². The highest BCUT2D eigenvalue weighted by Gasteiger charge is 2.43. The molecule has 3 aliphatic rings. The van der Waals surface area contributed by atoms with Crippen LogP contribution in [-0.4, -0.2) is 122 Å². The fourth-order valence-corrected chi connectivity index (χ4v) is 8.89. The molecule has 18 heteroatoms. The summed E-state index contributed by atoms with van der Waals surface area (Å²) in [4.78, 5) is 75.0. The Hall–Kier alpha value is -5.72. The van der Waals surface area contributed by atoms with Crippen molar-refractivity contribution in [3.63, 3.8) is 0 Å². The molecule has 5 amide bonds. The molecule has 5 heterocycles. The molecule has 2 aromatic heterocycles. The van der Waals surface area contributed by atoms with Gasteiger partial charge in [-0.25, -0.2) is 4.98 Å². The van der Waals surface area contributed by atoms with Crippen molar-refractivity contribution in [3.8, 4) is 0 Å². The van der Waals surface area contributed by atoms with Crippen LogP contribution in [0.15, 0.2) is 54.7 Å². The Bertz CT molecular complexity index is 2400. The Labute approximate surface area is 363 Å². The van der Waals surface area contributed by atoms with E-state index in [0.717, 1.165) is 87.8 Å². The van der Waals surface area contributed by atoms with Gasteiger partial charge in [0, 0.05) is 73.3 Å². The number of nitrogens with one attached hydrogen (secondary N) is 2. The molecule has 15 nitrogen and oxygen atoms in total. The summed E-state index contributed by atoms with van der Waals surface area (Å²) in [6.45, 7) is 15.3. The second-order valence-corrected chi connectivity index (χ2v) is 17.7. The molecular formula is C45H54F3N9O6. The number of nitrogens with zero attached hydrogens (tertiary/aromatic N) is 7. The van der Waals surface area contributed by atoms with E-state index in [9.17, 15) is 42.3 Å². The van der Waals surface area contributed by atoms with Crippen molar-refractivity contribution in [3.05, 3.63) is 82.8 Å². The zero-order valence-electron chi connectivity index (χ0n) is 36.2. The first-order valence-electron chi connectivity index (χ1n) is 21.4. The van der Waals surface area contributed by atoms with Crippen LogP contribution in [0.25, 0.3) is 10.9 Å². The lowest BCUT2D eigenvalue weighted by molar-refractivity contribution is -0.141. The number of aromatic nitrogens is 3. The molecule has 3 N–H and O–H groups in total. The number of hydrogen-bond acceptors (Lipinski definition) is 11. The average Bonchev–Trinajstić information content (AvgIpc) is 3.78. The lowest BCUT2D eigenvalue weighted by atomic mass is 9.95. The summed E-state index contributed by atoms with van der Waals surface area (Å²) in [5.41, 5.74) is -0.460. The zero-order valence-corrected chi connectivity index (χ0v) is 36.2. The molecule has 0 saturated carbocycles. The van der Waals surface area contributed by atoms with Gasteiger partial charge < -0.3 is 20.2 Å². The van der Waals surface area contributed by atoms with Crippen molar-refractivity contribution >= 4 is 52.3 Å². The van der Waals surface area contributed by atoms with Gasteiger partial charge in [-0.2, -0.15) is 18.3 Å². The molecule has 2 fully saturated rings. The SMILES string of the molecule is CCCC(C(=O)NC=O)N1C(=O)c2ccc(N3CCN(C(C)(C)CCN4CCC(n5cc6cc(NC(=O)c7cccc(C(F)(F)F)n7)c(C(C)(C)O)cc6n5)CC4)CC3)cc2C1=O. The van der Waals surface area contributed by atoms with E-state index >= 15 is 0 Å². The Morgan fingerprint density at radius 2 is 1.63 bits per heavy atom. The summed E-state index contributed by atoms with van der Waals surface area (Å²) in [5, 5.41) is 21.3. The van der Waals surface area contributed by atoms with E-state index in [0.29, 0.717) is 22.9 Å². The first kappa shape index (κ1) is 45.3. The fourth-order valence-electron chi connectivity index (χ4n) is 8.89. The molecule has 7 rings (SSSR count). The zero-order chi connectivity index (χ0) is 45.4. The second-order valence-electron chi connectivity index (χ2n) is 17.7. The van der Waals surface area contributed by atoms with Crippen molar-refractivity contribution in [2.24, 2.45) is 0 Å². The van der Waals surface area contributed by atoms with Gasteiger partial charge in [0.2, 0.25) is 12.3 Å². The first-order valence-corrected chi connectivity index (χ1v) is 21.4. The van der Waals surface area contributed by atoms with Gasteiger partial charge in [-0.05, 0) is 102 Å². The molecule has 3 aliphatic heterocycles. The third-order valence-electron chi connectivity index (χ3n) is 12.6. The molecule has 2 aromatic carbocycles. The number of pyridine rings is 1. The monoisotopic (exact) mass is 873 g/mol. The predicted molar refractivity (Wildman–Crippen MR) is 229 cm³/mol. The van der Waals surface area contributed by atoms with E-state index in [1.807, 2.05) is 23.9 Å². The summed E-state index contributed by atoms with van der Waals surface area (Å²) in [6.07, 6.45) is 0.937. The van der Waals surface area contributed by atoms with Gasteiger partial charge in [0.25, 0.3) is 17.7 Å². The summed E-state index contributed by atoms with van der Waals surface area (Å²) in [7, 11) is 0. The third kappa shape index (κ3) is 9.62. The van der Waals surface area contributed by atoms with Crippen LogP contribution < -0.4 is 15.5 Å². The number of imide groups is 2. The van der Waals surface area contributed by atoms with Crippen LogP contribution in [0, 0.1) is 0 Å². The molecule has 336 valence electrons. The van der Waals surface area contributed by atoms with Gasteiger partial charge in [-0.1, -0.05) is 19.4 Å². The maximum absolute atomic E-state index is 13.5. The average molecular weight is 874 g/mol. The van der Waals surface area contributed by atoms with Crippen molar-refractivity contribution in [1.29, 1.82) is 0 Å². The van der Waals surface area contributed by atoms with Crippen molar-refractivity contribution < 1.29 is 42.3 Å². The molecule has 0 aliphatic carbocycles. The number of aliphatic hydroxyl groups is 1. The highest BCUT2D eigenvalue weighted by Crippen LogP contribution is 2.35. The van der Waals surface area contributed by atoms with E-state index in [1.165, 1.54) is 6.07 Å². The van der Waals surface area contributed by atoms with Crippen LogP contribution in [0.1, 0.15) is 115 Å². The van der Waals surface area contributed by atoms with E-state index in [1.54, 1.807) is 38.1 Å². The minimum Gasteiger partial charge on any atom is -0.386 e. The van der Waals surface area contributed by atoms with Gasteiger partial charge in [-0.3, -0.25) is 43.8 Å². The topological polar surface area (TPSA) is 173 Å². The summed E-state index contributed by atoms with van der Waals surface area (Å²) >= 11 is 0. The Balaban J connectivity index is 0.926.